The van der Waals surface area contributed by atoms with Crippen molar-refractivity contribution in [2.24, 2.45) is 5.73 Å². The van der Waals surface area contributed by atoms with Crippen LogP contribution in [0, 0.1) is 6.92 Å². The molecule has 0 saturated heterocycles. The Hall–Kier alpha value is -0.590. The van der Waals surface area contributed by atoms with Gasteiger partial charge in [-0.1, -0.05) is 0 Å². The number of hydrogen-bond donors (Lipinski definition) is 2. The smallest absolute Gasteiger partial charge is 0.375 e. The molecule has 1 rings (SSSR count). The first-order valence-corrected chi connectivity index (χ1v) is 5.13. The minimum absolute atomic E-state index is 0.164. The van der Waals surface area contributed by atoms with E-state index in [1.807, 2.05) is 0 Å². The standard InChI is InChI=1S/C9H12F3NOS/c1-5-3-4-7(15-5)8(14,6(2)13)9(10,11)12/h3-4,6,14H,13H2,1-2H3. The van der Waals surface area contributed by atoms with Gasteiger partial charge in [0.25, 0.3) is 0 Å². The van der Waals surface area contributed by atoms with Crippen LogP contribution < -0.4 is 5.73 Å². The van der Waals surface area contributed by atoms with E-state index in [0.717, 1.165) is 18.3 Å². The predicted octanol–water partition coefficient (Wildman–Crippen LogP) is 2.15. The molecule has 6 heteroatoms. The van der Waals surface area contributed by atoms with E-state index in [9.17, 15) is 18.3 Å². The molecule has 2 unspecified atom stereocenters. The molecule has 0 spiro atoms. The Balaban J connectivity index is 3.25. The maximum Gasteiger partial charge on any atom is 0.423 e. The zero-order chi connectivity index (χ0) is 11.9. The van der Waals surface area contributed by atoms with E-state index in [-0.39, 0.29) is 4.88 Å². The van der Waals surface area contributed by atoms with Crippen molar-refractivity contribution in [3.8, 4) is 0 Å². The van der Waals surface area contributed by atoms with Crippen molar-refractivity contribution in [3.05, 3.63) is 21.9 Å². The zero-order valence-corrected chi connectivity index (χ0v) is 9.12. The first-order chi connectivity index (χ1) is 6.69. The number of alkyl halides is 3. The number of rotatable bonds is 2. The van der Waals surface area contributed by atoms with Crippen molar-refractivity contribution in [1.82, 2.24) is 0 Å². The lowest BCUT2D eigenvalue weighted by Crippen LogP contribution is -2.53. The first-order valence-electron chi connectivity index (χ1n) is 4.31. The minimum atomic E-state index is -4.77. The predicted molar refractivity (Wildman–Crippen MR) is 52.7 cm³/mol. The van der Waals surface area contributed by atoms with E-state index in [1.165, 1.54) is 12.1 Å². The Kier molecular flexibility index (Phi) is 3.14. The average Bonchev–Trinajstić information content (AvgIpc) is 2.48. The topological polar surface area (TPSA) is 46.2 Å². The van der Waals surface area contributed by atoms with Crippen LogP contribution in [0.25, 0.3) is 0 Å². The normalized spacial score (nSPS) is 18.6. The highest BCUT2D eigenvalue weighted by molar-refractivity contribution is 7.12. The third-order valence-corrected chi connectivity index (χ3v) is 3.33. The first kappa shape index (κ1) is 12.5. The number of aliphatic hydroxyl groups is 1. The van der Waals surface area contributed by atoms with Gasteiger partial charge in [0.1, 0.15) is 0 Å². The molecule has 1 aromatic rings. The number of hydrogen-bond acceptors (Lipinski definition) is 3. The van der Waals surface area contributed by atoms with Crippen LogP contribution in [0.3, 0.4) is 0 Å². The third-order valence-electron chi connectivity index (χ3n) is 2.21. The van der Waals surface area contributed by atoms with Crippen LogP contribution in [0.4, 0.5) is 13.2 Å². The summed E-state index contributed by atoms with van der Waals surface area (Å²) in [6.07, 6.45) is -4.77. The molecule has 0 saturated carbocycles. The van der Waals surface area contributed by atoms with Crippen LogP contribution in [-0.4, -0.2) is 17.3 Å². The van der Waals surface area contributed by atoms with Crippen molar-refractivity contribution in [3.63, 3.8) is 0 Å². The molecule has 0 bridgehead atoms. The summed E-state index contributed by atoms with van der Waals surface area (Å²) in [5, 5.41) is 9.67. The number of thiophene rings is 1. The fourth-order valence-corrected chi connectivity index (χ4v) is 2.34. The van der Waals surface area contributed by atoms with E-state index < -0.39 is 17.8 Å². The van der Waals surface area contributed by atoms with Crippen LogP contribution in [-0.2, 0) is 5.60 Å². The van der Waals surface area contributed by atoms with Crippen LogP contribution in [0.1, 0.15) is 16.7 Å². The lowest BCUT2D eigenvalue weighted by atomic mass is 9.93. The monoisotopic (exact) mass is 239 g/mol. The second-order valence-electron chi connectivity index (χ2n) is 3.46. The van der Waals surface area contributed by atoms with Gasteiger partial charge in [-0.2, -0.15) is 13.2 Å². The van der Waals surface area contributed by atoms with Crippen molar-refractivity contribution < 1.29 is 18.3 Å². The van der Waals surface area contributed by atoms with E-state index in [0.29, 0.717) is 4.88 Å². The summed E-state index contributed by atoms with van der Waals surface area (Å²) < 4.78 is 38.2. The summed E-state index contributed by atoms with van der Waals surface area (Å²) in [6, 6.07) is 1.38. The van der Waals surface area contributed by atoms with Crippen molar-refractivity contribution >= 4 is 11.3 Å². The van der Waals surface area contributed by atoms with Crippen LogP contribution in [0.5, 0.6) is 0 Å². The van der Waals surface area contributed by atoms with Gasteiger partial charge in [0.15, 0.2) is 0 Å². The van der Waals surface area contributed by atoms with Gasteiger partial charge in [0.2, 0.25) is 5.60 Å². The van der Waals surface area contributed by atoms with Gasteiger partial charge in [-0.3, -0.25) is 0 Å². The average molecular weight is 239 g/mol. The molecular formula is C9H12F3NOS. The second-order valence-corrected chi connectivity index (χ2v) is 4.75. The Morgan fingerprint density at radius 2 is 1.93 bits per heavy atom. The molecule has 0 aliphatic heterocycles. The fourth-order valence-electron chi connectivity index (χ4n) is 1.26. The summed E-state index contributed by atoms with van der Waals surface area (Å²) in [5.41, 5.74) is 2.28. The molecule has 2 atom stereocenters. The van der Waals surface area contributed by atoms with Crippen LogP contribution in [0.2, 0.25) is 0 Å². The Labute approximate surface area is 89.5 Å². The highest BCUT2D eigenvalue weighted by atomic mass is 32.1. The lowest BCUT2D eigenvalue weighted by molar-refractivity contribution is -0.271. The molecule has 1 aromatic heterocycles. The van der Waals surface area contributed by atoms with E-state index >= 15 is 0 Å². The lowest BCUT2D eigenvalue weighted by Gasteiger charge is -2.32. The summed E-state index contributed by atoms with van der Waals surface area (Å²) in [4.78, 5) is 0.538. The summed E-state index contributed by atoms with van der Waals surface area (Å²) in [7, 11) is 0. The highest BCUT2D eigenvalue weighted by Gasteiger charge is 2.58. The molecule has 0 radical (unpaired) electrons. The number of aryl methyl sites for hydroxylation is 1. The fraction of sp³-hybridized carbons (Fsp3) is 0.556. The van der Waals surface area contributed by atoms with Gasteiger partial charge in [-0.05, 0) is 26.0 Å². The minimum Gasteiger partial charge on any atom is -0.375 e. The Bertz CT molecular complexity index is 347. The van der Waals surface area contributed by atoms with E-state index in [2.05, 4.69) is 0 Å². The van der Waals surface area contributed by atoms with Gasteiger partial charge < -0.3 is 10.8 Å². The van der Waals surface area contributed by atoms with Crippen molar-refractivity contribution in [2.75, 3.05) is 0 Å². The third kappa shape index (κ3) is 2.02. The highest BCUT2D eigenvalue weighted by Crippen LogP contribution is 2.43. The molecule has 0 aliphatic rings. The Morgan fingerprint density at radius 3 is 2.20 bits per heavy atom. The molecule has 1 heterocycles. The zero-order valence-electron chi connectivity index (χ0n) is 8.30. The van der Waals surface area contributed by atoms with E-state index in [4.69, 9.17) is 5.73 Å². The summed E-state index contributed by atoms with van der Waals surface area (Å²) in [6.45, 7) is 2.81. The van der Waals surface area contributed by atoms with Crippen LogP contribution >= 0.6 is 11.3 Å². The van der Waals surface area contributed by atoms with Crippen molar-refractivity contribution in [2.45, 2.75) is 31.7 Å². The van der Waals surface area contributed by atoms with Gasteiger partial charge in [-0.25, -0.2) is 0 Å². The molecular weight excluding hydrogens is 227 g/mol. The molecule has 0 fully saturated rings. The summed E-state index contributed by atoms with van der Waals surface area (Å²) >= 11 is 0.900. The van der Waals surface area contributed by atoms with Gasteiger partial charge >= 0.3 is 6.18 Å². The Morgan fingerprint density at radius 1 is 1.40 bits per heavy atom. The molecule has 0 amide bonds. The van der Waals surface area contributed by atoms with Crippen LogP contribution in [0.15, 0.2) is 12.1 Å². The van der Waals surface area contributed by atoms with Gasteiger partial charge in [0, 0.05) is 15.8 Å². The molecule has 2 nitrogen and oxygen atoms in total. The van der Waals surface area contributed by atoms with E-state index in [1.54, 1.807) is 6.92 Å². The maximum absolute atomic E-state index is 12.7. The van der Waals surface area contributed by atoms with Crippen molar-refractivity contribution in [1.29, 1.82) is 0 Å². The second kappa shape index (κ2) is 3.77. The van der Waals surface area contributed by atoms with Gasteiger partial charge in [-0.15, -0.1) is 11.3 Å². The maximum atomic E-state index is 12.7. The quantitative estimate of drug-likeness (QED) is 0.830. The van der Waals surface area contributed by atoms with Gasteiger partial charge in [0.05, 0.1) is 0 Å². The number of halogens is 3. The molecule has 0 aliphatic carbocycles. The SMILES string of the molecule is Cc1ccc(C(O)(C(C)N)C(F)(F)F)s1. The molecule has 15 heavy (non-hydrogen) atoms. The largest absolute Gasteiger partial charge is 0.423 e. The molecule has 3 N–H and O–H groups in total. The molecule has 86 valence electrons. The summed E-state index contributed by atoms with van der Waals surface area (Å²) in [5.74, 6) is 0. The number of nitrogens with two attached hydrogens (primary N) is 1. The molecule has 0 aromatic carbocycles.